The third-order valence-corrected chi connectivity index (χ3v) is 1.40. The van der Waals surface area contributed by atoms with Crippen molar-refractivity contribution in [3.05, 3.63) is 6.33 Å². The minimum Gasteiger partial charge on any atom is -0.382 e. The number of hydrogen-bond acceptors (Lipinski definition) is 5. The Bertz CT molecular complexity index is 288. The second-order valence-corrected chi connectivity index (χ2v) is 2.88. The number of rotatable bonds is 3. The Hall–Kier alpha value is -1.59. The second kappa shape index (κ2) is 3.88. The van der Waals surface area contributed by atoms with Gasteiger partial charge in [-0.05, 0) is 13.8 Å². The van der Waals surface area contributed by atoms with Crippen LogP contribution in [-0.4, -0.2) is 16.0 Å². The molecule has 1 rings (SSSR count). The van der Waals surface area contributed by atoms with E-state index in [4.69, 9.17) is 5.73 Å². The topological polar surface area (TPSA) is 75.9 Å². The van der Waals surface area contributed by atoms with Crippen LogP contribution in [0.25, 0.3) is 0 Å². The lowest BCUT2D eigenvalue weighted by Crippen LogP contribution is -2.13. The number of nitrogen functional groups attached to an aromatic ring is 1. The van der Waals surface area contributed by atoms with Gasteiger partial charge in [0.25, 0.3) is 0 Å². The summed E-state index contributed by atoms with van der Waals surface area (Å²) in [6.45, 7) is 3.83. The summed E-state index contributed by atoms with van der Waals surface area (Å²) in [6, 6.07) is 0.154. The Balaban J connectivity index is 2.98. The van der Waals surface area contributed by atoms with Gasteiger partial charge in [-0.3, -0.25) is 0 Å². The molecule has 0 atom stereocenters. The molecule has 0 fully saturated rings. The SMILES string of the molecule is CC(C)Nc1ncnc(N)c1NF. The first-order chi connectivity index (χ1) is 6.15. The largest absolute Gasteiger partial charge is 0.382 e. The quantitative estimate of drug-likeness (QED) is 0.616. The molecule has 0 aliphatic heterocycles. The molecule has 0 amide bonds. The van der Waals surface area contributed by atoms with Crippen molar-refractivity contribution in [2.24, 2.45) is 0 Å². The van der Waals surface area contributed by atoms with E-state index >= 15 is 0 Å². The van der Waals surface area contributed by atoms with Crippen molar-refractivity contribution < 1.29 is 4.48 Å². The first kappa shape index (κ1) is 9.50. The number of halogens is 1. The molecule has 6 heteroatoms. The summed E-state index contributed by atoms with van der Waals surface area (Å²) in [5, 5.41) is 2.93. The number of nitrogens with two attached hydrogens (primary N) is 1. The summed E-state index contributed by atoms with van der Waals surface area (Å²) in [5.41, 5.74) is 6.95. The summed E-state index contributed by atoms with van der Waals surface area (Å²) in [7, 11) is 0. The maximum atomic E-state index is 12.2. The zero-order chi connectivity index (χ0) is 9.84. The molecule has 4 N–H and O–H groups in total. The van der Waals surface area contributed by atoms with Gasteiger partial charge in [0, 0.05) is 6.04 Å². The maximum Gasteiger partial charge on any atom is 0.157 e. The predicted octanol–water partition coefficient (Wildman–Crippen LogP) is 1.18. The van der Waals surface area contributed by atoms with Crippen LogP contribution >= 0.6 is 0 Å². The summed E-state index contributed by atoms with van der Waals surface area (Å²) in [4.78, 5) is 7.49. The Morgan fingerprint density at radius 1 is 1.46 bits per heavy atom. The summed E-state index contributed by atoms with van der Waals surface area (Å²) in [6.07, 6.45) is 1.28. The summed E-state index contributed by atoms with van der Waals surface area (Å²) in [5.74, 6) is 0.450. The van der Waals surface area contributed by atoms with Crippen LogP contribution in [0.2, 0.25) is 0 Å². The second-order valence-electron chi connectivity index (χ2n) is 2.88. The fraction of sp³-hybridized carbons (Fsp3) is 0.429. The van der Waals surface area contributed by atoms with Gasteiger partial charge in [-0.15, -0.1) is 4.48 Å². The Kier molecular flexibility index (Phi) is 2.84. The van der Waals surface area contributed by atoms with E-state index in [-0.39, 0.29) is 17.5 Å². The third kappa shape index (κ3) is 2.17. The van der Waals surface area contributed by atoms with E-state index in [0.29, 0.717) is 5.82 Å². The van der Waals surface area contributed by atoms with Crippen LogP contribution in [0.4, 0.5) is 21.8 Å². The lowest BCUT2D eigenvalue weighted by molar-refractivity contribution is 0.617. The first-order valence-corrected chi connectivity index (χ1v) is 3.88. The molecule has 13 heavy (non-hydrogen) atoms. The third-order valence-electron chi connectivity index (χ3n) is 1.40. The van der Waals surface area contributed by atoms with Gasteiger partial charge in [0.1, 0.15) is 12.0 Å². The van der Waals surface area contributed by atoms with E-state index < -0.39 is 0 Å². The molecule has 72 valence electrons. The number of hydrogen-bond donors (Lipinski definition) is 3. The van der Waals surface area contributed by atoms with Crippen molar-refractivity contribution >= 4 is 17.3 Å². The van der Waals surface area contributed by atoms with Gasteiger partial charge in [-0.1, -0.05) is 0 Å². The van der Waals surface area contributed by atoms with Crippen molar-refractivity contribution in [3.8, 4) is 0 Å². The van der Waals surface area contributed by atoms with E-state index in [1.807, 2.05) is 13.8 Å². The standard InChI is InChI=1S/C7H12FN5/c1-4(2)12-7-5(13-8)6(9)10-3-11-7/h3-4,13H,1-2H3,(H3,9,10,11,12). The molecule has 5 nitrogen and oxygen atoms in total. The normalized spacial score (nSPS) is 10.2. The lowest BCUT2D eigenvalue weighted by atomic mass is 10.3. The highest BCUT2D eigenvalue weighted by molar-refractivity contribution is 5.74. The highest BCUT2D eigenvalue weighted by Gasteiger charge is 2.08. The van der Waals surface area contributed by atoms with Gasteiger partial charge in [0.15, 0.2) is 11.6 Å². The molecule has 1 aromatic heterocycles. The minimum atomic E-state index is 0.0798. The molecular weight excluding hydrogens is 173 g/mol. The van der Waals surface area contributed by atoms with Gasteiger partial charge in [0.2, 0.25) is 0 Å². The highest BCUT2D eigenvalue weighted by Crippen LogP contribution is 2.24. The van der Waals surface area contributed by atoms with Crippen molar-refractivity contribution in [2.45, 2.75) is 19.9 Å². The van der Waals surface area contributed by atoms with Crippen LogP contribution in [0.3, 0.4) is 0 Å². The van der Waals surface area contributed by atoms with E-state index in [1.54, 1.807) is 0 Å². The van der Waals surface area contributed by atoms with E-state index in [1.165, 1.54) is 11.9 Å². The fourth-order valence-electron chi connectivity index (χ4n) is 0.875. The zero-order valence-corrected chi connectivity index (χ0v) is 7.50. The van der Waals surface area contributed by atoms with E-state index in [9.17, 15) is 4.48 Å². The van der Waals surface area contributed by atoms with Crippen molar-refractivity contribution in [1.82, 2.24) is 9.97 Å². The number of anilines is 3. The van der Waals surface area contributed by atoms with Crippen molar-refractivity contribution in [3.63, 3.8) is 0 Å². The molecule has 1 heterocycles. The van der Waals surface area contributed by atoms with Crippen molar-refractivity contribution in [1.29, 1.82) is 0 Å². The van der Waals surface area contributed by atoms with Crippen LogP contribution < -0.4 is 16.6 Å². The van der Waals surface area contributed by atoms with Gasteiger partial charge >= 0.3 is 0 Å². The molecule has 0 saturated heterocycles. The molecule has 0 aliphatic rings. The molecule has 0 unspecified atom stereocenters. The van der Waals surface area contributed by atoms with Gasteiger partial charge < -0.3 is 11.1 Å². The Morgan fingerprint density at radius 3 is 2.69 bits per heavy atom. The van der Waals surface area contributed by atoms with Crippen LogP contribution in [0.5, 0.6) is 0 Å². The van der Waals surface area contributed by atoms with E-state index in [2.05, 4.69) is 15.3 Å². The van der Waals surface area contributed by atoms with E-state index in [0.717, 1.165) is 0 Å². The predicted molar refractivity (Wildman–Crippen MR) is 49.9 cm³/mol. The average molecular weight is 185 g/mol. The van der Waals surface area contributed by atoms with Crippen LogP contribution in [0.1, 0.15) is 13.8 Å². The fourth-order valence-corrected chi connectivity index (χ4v) is 0.875. The number of aromatic nitrogens is 2. The Labute approximate surface area is 75.5 Å². The molecule has 0 aliphatic carbocycles. The van der Waals surface area contributed by atoms with Gasteiger partial charge in [-0.25, -0.2) is 15.5 Å². The molecule has 0 radical (unpaired) electrons. The molecule has 0 aromatic carbocycles. The zero-order valence-electron chi connectivity index (χ0n) is 7.50. The molecule has 0 saturated carbocycles. The monoisotopic (exact) mass is 185 g/mol. The molecule has 0 bridgehead atoms. The highest BCUT2D eigenvalue weighted by atomic mass is 19.2. The smallest absolute Gasteiger partial charge is 0.157 e. The lowest BCUT2D eigenvalue weighted by Gasteiger charge is -2.12. The Morgan fingerprint density at radius 2 is 2.15 bits per heavy atom. The van der Waals surface area contributed by atoms with Crippen LogP contribution in [0, 0.1) is 0 Å². The van der Waals surface area contributed by atoms with Crippen molar-refractivity contribution in [2.75, 3.05) is 16.6 Å². The first-order valence-electron chi connectivity index (χ1n) is 3.88. The van der Waals surface area contributed by atoms with Crippen LogP contribution in [0.15, 0.2) is 6.33 Å². The molecule has 1 aromatic rings. The average Bonchev–Trinajstić information content (AvgIpc) is 2.03. The number of nitrogens with one attached hydrogen (secondary N) is 2. The number of nitrogens with zero attached hydrogens (tertiary/aromatic N) is 2. The summed E-state index contributed by atoms with van der Waals surface area (Å²) < 4.78 is 12.2. The van der Waals surface area contributed by atoms with Gasteiger partial charge in [0.05, 0.1) is 0 Å². The molecule has 0 spiro atoms. The minimum absolute atomic E-state index is 0.0798. The van der Waals surface area contributed by atoms with Gasteiger partial charge in [-0.2, -0.15) is 0 Å². The summed E-state index contributed by atoms with van der Waals surface area (Å²) >= 11 is 0. The molecular formula is C7H12FN5. The maximum absolute atomic E-state index is 12.2. The van der Waals surface area contributed by atoms with Crippen LogP contribution in [-0.2, 0) is 0 Å².